The highest BCUT2D eigenvalue weighted by Crippen LogP contribution is 2.37. The minimum atomic E-state index is -0.615. The molecule has 1 amide bonds. The molecule has 2 heterocycles. The summed E-state index contributed by atoms with van der Waals surface area (Å²) in [6.45, 7) is 7.11. The first-order valence-corrected chi connectivity index (χ1v) is 10.3. The van der Waals surface area contributed by atoms with Gasteiger partial charge < -0.3 is 15.8 Å². The molecular weight excluding hydrogens is 435 g/mol. The Morgan fingerprint density at radius 2 is 1.94 bits per heavy atom. The molecule has 9 heteroatoms. The van der Waals surface area contributed by atoms with Gasteiger partial charge in [-0.05, 0) is 61.4 Å². The molecule has 0 unspecified atom stereocenters. The summed E-state index contributed by atoms with van der Waals surface area (Å²) in [5.74, 6) is -0.752. The van der Waals surface area contributed by atoms with E-state index in [1.807, 2.05) is 13.0 Å². The number of hydrogen-bond donors (Lipinski definition) is 2. The van der Waals surface area contributed by atoms with Crippen LogP contribution in [0.1, 0.15) is 11.3 Å². The molecule has 2 aromatic heterocycles. The van der Waals surface area contributed by atoms with E-state index in [0.29, 0.717) is 28.2 Å². The van der Waals surface area contributed by atoms with E-state index in [-0.39, 0.29) is 23.5 Å². The monoisotopic (exact) mass is 456 g/mol. The average Bonchev–Trinajstić information content (AvgIpc) is 2.80. The van der Waals surface area contributed by atoms with Crippen molar-refractivity contribution < 1.29 is 13.9 Å². The van der Waals surface area contributed by atoms with Crippen LogP contribution in [0.15, 0.2) is 67.6 Å². The second-order valence-corrected chi connectivity index (χ2v) is 7.43. The summed E-state index contributed by atoms with van der Waals surface area (Å²) < 4.78 is 20.5. The second kappa shape index (κ2) is 9.45. The van der Waals surface area contributed by atoms with E-state index in [9.17, 15) is 9.18 Å². The Morgan fingerprint density at radius 3 is 2.65 bits per heavy atom. The Morgan fingerprint density at radius 1 is 1.12 bits per heavy atom. The number of nitrogens with zero attached hydrogens (tertiary/aromatic N) is 4. The van der Waals surface area contributed by atoms with Crippen LogP contribution in [0.4, 0.5) is 15.9 Å². The normalized spacial score (nSPS) is 10.6. The number of halogens is 1. The van der Waals surface area contributed by atoms with E-state index in [2.05, 4.69) is 31.8 Å². The molecule has 34 heavy (non-hydrogen) atoms. The molecule has 4 rings (SSSR count). The van der Waals surface area contributed by atoms with Crippen LogP contribution in [0.25, 0.3) is 22.4 Å². The van der Waals surface area contributed by atoms with Crippen molar-refractivity contribution in [1.29, 1.82) is 0 Å². The van der Waals surface area contributed by atoms with Crippen molar-refractivity contribution in [1.82, 2.24) is 19.9 Å². The number of hydrogen-bond acceptors (Lipinski definition) is 7. The van der Waals surface area contributed by atoms with Crippen LogP contribution in [0.5, 0.6) is 11.8 Å². The largest absolute Gasteiger partial charge is 0.421 e. The molecular formula is C25H21FN6O2. The maximum atomic E-state index is 15.0. The molecule has 170 valence electrons. The smallest absolute Gasteiger partial charge is 0.322 e. The number of aryl methyl sites for hydroxylation is 2. The third kappa shape index (κ3) is 4.73. The van der Waals surface area contributed by atoms with E-state index in [1.165, 1.54) is 30.7 Å². The lowest BCUT2D eigenvalue weighted by Crippen LogP contribution is -2.07. The second-order valence-electron chi connectivity index (χ2n) is 7.43. The molecule has 0 fully saturated rings. The third-order valence-electron chi connectivity index (χ3n) is 5.01. The molecule has 0 aliphatic carbocycles. The summed E-state index contributed by atoms with van der Waals surface area (Å²) in [5, 5.41) is 2.72. The first-order valence-electron chi connectivity index (χ1n) is 10.3. The highest BCUT2D eigenvalue weighted by molar-refractivity contribution is 5.99. The summed E-state index contributed by atoms with van der Waals surface area (Å²) >= 11 is 0. The van der Waals surface area contributed by atoms with Crippen LogP contribution < -0.4 is 15.8 Å². The number of anilines is 2. The molecule has 0 aliphatic heterocycles. The third-order valence-corrected chi connectivity index (χ3v) is 5.01. The summed E-state index contributed by atoms with van der Waals surface area (Å²) in [4.78, 5) is 28.2. The summed E-state index contributed by atoms with van der Waals surface area (Å²) in [6, 6.07) is 11.6. The Kier molecular flexibility index (Phi) is 6.26. The zero-order valence-electron chi connectivity index (χ0n) is 18.5. The van der Waals surface area contributed by atoms with Crippen molar-refractivity contribution in [2.45, 2.75) is 13.8 Å². The number of amides is 1. The minimum absolute atomic E-state index is 0.0233. The van der Waals surface area contributed by atoms with E-state index in [0.717, 1.165) is 11.1 Å². The van der Waals surface area contributed by atoms with Gasteiger partial charge in [-0.2, -0.15) is 0 Å². The molecule has 0 aliphatic rings. The topological polar surface area (TPSA) is 116 Å². The number of nitrogens with one attached hydrogen (secondary N) is 1. The minimum Gasteiger partial charge on any atom is -0.421 e. The molecule has 0 bridgehead atoms. The number of rotatable bonds is 6. The standard InChI is InChI=1S/C25H21FN6O2/c1-4-21(33)32-17-6-7-18(14(2)11-17)23-22(24(27)30-13-29-23)16-5-8-20(19(26)12-16)34-25-28-10-9-15(3)31-25/h4-13H,1H2,2-3H3,(H,32,33)(H2,27,29,30). The Bertz CT molecular complexity index is 1410. The predicted molar refractivity (Wildman–Crippen MR) is 128 cm³/mol. The highest BCUT2D eigenvalue weighted by Gasteiger charge is 2.18. The Labute approximate surface area is 195 Å². The van der Waals surface area contributed by atoms with Gasteiger partial charge in [0.25, 0.3) is 0 Å². The van der Waals surface area contributed by atoms with Crippen LogP contribution in [0.2, 0.25) is 0 Å². The molecule has 8 nitrogen and oxygen atoms in total. The quantitative estimate of drug-likeness (QED) is 0.398. The molecule has 0 radical (unpaired) electrons. The zero-order chi connectivity index (χ0) is 24.2. The van der Waals surface area contributed by atoms with Gasteiger partial charge in [0.1, 0.15) is 12.1 Å². The molecule has 0 saturated heterocycles. The molecule has 4 aromatic rings. The zero-order valence-corrected chi connectivity index (χ0v) is 18.5. The lowest BCUT2D eigenvalue weighted by atomic mass is 9.96. The SMILES string of the molecule is C=CC(=O)Nc1ccc(-c2ncnc(N)c2-c2ccc(Oc3nccc(C)n3)c(F)c2)c(C)c1. The Balaban J connectivity index is 1.72. The maximum Gasteiger partial charge on any atom is 0.322 e. The van der Waals surface area contributed by atoms with Crippen LogP contribution in [0.3, 0.4) is 0 Å². The van der Waals surface area contributed by atoms with Crippen molar-refractivity contribution in [3.8, 4) is 34.1 Å². The van der Waals surface area contributed by atoms with Crippen molar-refractivity contribution in [3.63, 3.8) is 0 Å². The van der Waals surface area contributed by atoms with Gasteiger partial charge in [0.05, 0.1) is 11.3 Å². The summed E-state index contributed by atoms with van der Waals surface area (Å²) in [7, 11) is 0. The van der Waals surface area contributed by atoms with E-state index >= 15 is 0 Å². The molecule has 0 atom stereocenters. The van der Waals surface area contributed by atoms with Gasteiger partial charge in [-0.15, -0.1) is 0 Å². The number of nitrogens with two attached hydrogens (primary N) is 1. The fourth-order valence-corrected chi connectivity index (χ4v) is 3.40. The summed E-state index contributed by atoms with van der Waals surface area (Å²) in [6.07, 6.45) is 4.08. The molecule has 0 spiro atoms. The van der Waals surface area contributed by atoms with E-state index in [1.54, 1.807) is 31.2 Å². The van der Waals surface area contributed by atoms with Gasteiger partial charge in [0, 0.05) is 23.1 Å². The van der Waals surface area contributed by atoms with Crippen molar-refractivity contribution >= 4 is 17.4 Å². The van der Waals surface area contributed by atoms with Gasteiger partial charge in [-0.25, -0.2) is 24.3 Å². The Hall–Kier alpha value is -4.66. The van der Waals surface area contributed by atoms with E-state index < -0.39 is 5.82 Å². The number of ether oxygens (including phenoxy) is 1. The molecule has 0 saturated carbocycles. The van der Waals surface area contributed by atoms with Gasteiger partial charge in [-0.1, -0.05) is 18.7 Å². The fraction of sp³-hybridized carbons (Fsp3) is 0.0800. The van der Waals surface area contributed by atoms with Gasteiger partial charge >= 0.3 is 6.01 Å². The number of carbonyl (C=O) groups is 1. The van der Waals surface area contributed by atoms with E-state index in [4.69, 9.17) is 10.5 Å². The summed E-state index contributed by atoms with van der Waals surface area (Å²) in [5.41, 5.74) is 10.6. The first kappa shape index (κ1) is 22.5. The van der Waals surface area contributed by atoms with Crippen molar-refractivity contribution in [2.75, 3.05) is 11.1 Å². The van der Waals surface area contributed by atoms with Gasteiger partial charge in [-0.3, -0.25) is 4.79 Å². The van der Waals surface area contributed by atoms with Gasteiger partial charge in [0.15, 0.2) is 11.6 Å². The number of aromatic nitrogens is 4. The van der Waals surface area contributed by atoms with Crippen LogP contribution >= 0.6 is 0 Å². The lowest BCUT2D eigenvalue weighted by Gasteiger charge is -2.15. The lowest BCUT2D eigenvalue weighted by molar-refractivity contribution is -0.111. The molecule has 2 aromatic carbocycles. The van der Waals surface area contributed by atoms with Crippen LogP contribution in [-0.2, 0) is 4.79 Å². The molecule has 3 N–H and O–H groups in total. The van der Waals surface area contributed by atoms with Crippen molar-refractivity contribution in [2.24, 2.45) is 0 Å². The number of nitrogen functional groups attached to an aromatic ring is 1. The van der Waals surface area contributed by atoms with Crippen LogP contribution in [-0.4, -0.2) is 25.8 Å². The number of carbonyl (C=O) groups excluding carboxylic acids is 1. The average molecular weight is 456 g/mol. The highest BCUT2D eigenvalue weighted by atomic mass is 19.1. The number of benzene rings is 2. The fourth-order valence-electron chi connectivity index (χ4n) is 3.40. The van der Waals surface area contributed by atoms with Crippen molar-refractivity contribution in [3.05, 3.63) is 84.7 Å². The maximum absolute atomic E-state index is 15.0. The predicted octanol–water partition coefficient (Wildman–Crippen LogP) is 4.86. The van der Waals surface area contributed by atoms with Gasteiger partial charge in [0.2, 0.25) is 5.91 Å². The first-order chi connectivity index (χ1) is 16.4. The van der Waals surface area contributed by atoms with Crippen LogP contribution in [0, 0.1) is 19.7 Å².